The van der Waals surface area contributed by atoms with Gasteiger partial charge in [0.1, 0.15) is 17.5 Å². The van der Waals surface area contributed by atoms with Crippen LogP contribution >= 0.6 is 11.8 Å². The number of benzene rings is 1. The van der Waals surface area contributed by atoms with Crippen LogP contribution in [0.2, 0.25) is 0 Å². The minimum atomic E-state index is -0.542. The third-order valence-electron chi connectivity index (χ3n) is 4.45. The molecule has 2 aliphatic carbocycles. The molecule has 0 N–H and O–H groups in total. The second-order valence-corrected chi connectivity index (χ2v) is 7.04. The van der Waals surface area contributed by atoms with Gasteiger partial charge in [0.15, 0.2) is 5.16 Å². The molecule has 0 unspecified atom stereocenters. The van der Waals surface area contributed by atoms with Crippen molar-refractivity contribution in [3.05, 3.63) is 41.2 Å². The second kappa shape index (κ2) is 5.65. The molecule has 0 saturated heterocycles. The van der Waals surface area contributed by atoms with Crippen molar-refractivity contribution in [2.24, 2.45) is 0 Å². The summed E-state index contributed by atoms with van der Waals surface area (Å²) in [6.07, 6.45) is 6.02. The van der Waals surface area contributed by atoms with Gasteiger partial charge in [0.25, 0.3) is 0 Å². The Morgan fingerprint density at radius 3 is 2.59 bits per heavy atom. The molecule has 0 bridgehead atoms. The summed E-state index contributed by atoms with van der Waals surface area (Å²) in [4.78, 5) is 0. The van der Waals surface area contributed by atoms with Crippen LogP contribution in [0.5, 0.6) is 0 Å². The molecule has 6 heteroatoms. The van der Waals surface area contributed by atoms with Gasteiger partial charge in [0.2, 0.25) is 0 Å². The van der Waals surface area contributed by atoms with Crippen LogP contribution in [0, 0.1) is 11.6 Å². The minimum Gasteiger partial charge on any atom is -0.303 e. The van der Waals surface area contributed by atoms with E-state index in [1.165, 1.54) is 56.0 Å². The molecular formula is C16H17F2N3S. The van der Waals surface area contributed by atoms with E-state index in [1.807, 2.05) is 0 Å². The van der Waals surface area contributed by atoms with E-state index in [4.69, 9.17) is 0 Å². The molecule has 4 rings (SSSR count). The quantitative estimate of drug-likeness (QED) is 0.762. The molecule has 3 nitrogen and oxygen atoms in total. The number of aromatic nitrogens is 3. The van der Waals surface area contributed by atoms with Crippen molar-refractivity contribution in [2.45, 2.75) is 55.0 Å². The van der Waals surface area contributed by atoms with Crippen LogP contribution in [-0.2, 0) is 5.75 Å². The highest BCUT2D eigenvalue weighted by molar-refractivity contribution is 7.98. The fourth-order valence-electron chi connectivity index (χ4n) is 2.79. The van der Waals surface area contributed by atoms with E-state index in [0.717, 1.165) is 17.0 Å². The maximum absolute atomic E-state index is 13.7. The zero-order chi connectivity index (χ0) is 15.1. The lowest BCUT2D eigenvalue weighted by Crippen LogP contribution is -2.15. The highest BCUT2D eigenvalue weighted by atomic mass is 32.2. The van der Waals surface area contributed by atoms with Gasteiger partial charge in [-0.1, -0.05) is 24.2 Å². The molecule has 2 saturated carbocycles. The minimum absolute atomic E-state index is 0.446. The van der Waals surface area contributed by atoms with Crippen molar-refractivity contribution in [1.29, 1.82) is 0 Å². The van der Waals surface area contributed by atoms with E-state index in [-0.39, 0.29) is 0 Å². The highest BCUT2D eigenvalue weighted by Gasteiger charge is 2.34. The molecule has 0 aliphatic heterocycles. The predicted molar refractivity (Wildman–Crippen MR) is 80.8 cm³/mol. The molecule has 0 radical (unpaired) electrons. The van der Waals surface area contributed by atoms with E-state index in [0.29, 0.717) is 23.3 Å². The first-order chi connectivity index (χ1) is 10.7. The first kappa shape index (κ1) is 14.2. The molecule has 1 aromatic heterocycles. The largest absolute Gasteiger partial charge is 0.303 e. The Morgan fingerprint density at radius 2 is 1.95 bits per heavy atom. The van der Waals surface area contributed by atoms with E-state index < -0.39 is 11.6 Å². The molecule has 1 aromatic carbocycles. The van der Waals surface area contributed by atoms with Crippen molar-refractivity contribution in [2.75, 3.05) is 0 Å². The van der Waals surface area contributed by atoms with Gasteiger partial charge in [-0.25, -0.2) is 8.78 Å². The second-order valence-electron chi connectivity index (χ2n) is 6.09. The zero-order valence-corrected chi connectivity index (χ0v) is 13.0. The topological polar surface area (TPSA) is 30.7 Å². The van der Waals surface area contributed by atoms with Gasteiger partial charge in [0, 0.05) is 23.8 Å². The number of hydrogen-bond acceptors (Lipinski definition) is 3. The van der Waals surface area contributed by atoms with Crippen LogP contribution in [0.1, 0.15) is 55.5 Å². The average Bonchev–Trinajstić information content (AvgIpc) is 3.19. The van der Waals surface area contributed by atoms with Gasteiger partial charge in [-0.3, -0.25) is 0 Å². The lowest BCUT2D eigenvalue weighted by Gasteiger charge is -2.25. The molecule has 116 valence electrons. The van der Waals surface area contributed by atoms with E-state index in [9.17, 15) is 8.78 Å². The number of rotatable bonds is 5. The van der Waals surface area contributed by atoms with Crippen molar-refractivity contribution < 1.29 is 8.78 Å². The van der Waals surface area contributed by atoms with Crippen molar-refractivity contribution in [1.82, 2.24) is 14.8 Å². The van der Waals surface area contributed by atoms with Gasteiger partial charge >= 0.3 is 0 Å². The van der Waals surface area contributed by atoms with Gasteiger partial charge in [0.05, 0.1) is 0 Å². The van der Waals surface area contributed by atoms with E-state index in [1.54, 1.807) is 0 Å². The molecule has 2 aromatic rings. The van der Waals surface area contributed by atoms with Gasteiger partial charge in [-0.2, -0.15) is 0 Å². The lowest BCUT2D eigenvalue weighted by atomic mass is 9.85. The Labute approximate surface area is 132 Å². The summed E-state index contributed by atoms with van der Waals surface area (Å²) in [6, 6.07) is 4.25. The summed E-state index contributed by atoms with van der Waals surface area (Å²) in [5, 5.41) is 9.58. The van der Waals surface area contributed by atoms with Crippen molar-refractivity contribution in [3.63, 3.8) is 0 Å². The van der Waals surface area contributed by atoms with Crippen LogP contribution in [0.25, 0.3) is 0 Å². The predicted octanol–water partition coefficient (Wildman–Crippen LogP) is 4.45. The van der Waals surface area contributed by atoms with Gasteiger partial charge in [-0.15, -0.1) is 10.2 Å². The summed E-state index contributed by atoms with van der Waals surface area (Å²) in [6.45, 7) is 0. The summed E-state index contributed by atoms with van der Waals surface area (Å²) < 4.78 is 28.9. The first-order valence-electron chi connectivity index (χ1n) is 7.74. The fraction of sp³-hybridized carbons (Fsp3) is 0.500. The third-order valence-corrected chi connectivity index (χ3v) is 5.44. The lowest BCUT2D eigenvalue weighted by molar-refractivity contribution is 0.383. The van der Waals surface area contributed by atoms with Crippen LogP contribution in [0.3, 0.4) is 0 Å². The Morgan fingerprint density at radius 1 is 1.14 bits per heavy atom. The van der Waals surface area contributed by atoms with E-state index >= 15 is 0 Å². The summed E-state index contributed by atoms with van der Waals surface area (Å²) >= 11 is 1.49. The zero-order valence-electron chi connectivity index (χ0n) is 12.1. The smallest absolute Gasteiger partial charge is 0.191 e. The number of thioether (sulfide) groups is 1. The summed E-state index contributed by atoms with van der Waals surface area (Å²) in [5.74, 6) is 1.06. The van der Waals surface area contributed by atoms with Crippen LogP contribution in [0.15, 0.2) is 23.4 Å². The molecule has 0 amide bonds. The van der Waals surface area contributed by atoms with Crippen molar-refractivity contribution >= 4 is 11.8 Å². The maximum Gasteiger partial charge on any atom is 0.191 e. The first-order valence-corrected chi connectivity index (χ1v) is 8.72. The summed E-state index contributed by atoms with van der Waals surface area (Å²) in [5.41, 5.74) is 0.502. The average molecular weight is 321 g/mol. The normalized spacial score (nSPS) is 18.5. The van der Waals surface area contributed by atoms with Gasteiger partial charge < -0.3 is 4.57 Å². The van der Waals surface area contributed by atoms with Crippen LogP contribution in [0.4, 0.5) is 8.78 Å². The number of hydrogen-bond donors (Lipinski definition) is 0. The van der Waals surface area contributed by atoms with Crippen LogP contribution < -0.4 is 0 Å². The Balaban J connectivity index is 1.54. The Hall–Kier alpha value is -1.43. The molecule has 0 atom stereocenters. The number of nitrogens with zero attached hydrogens (tertiary/aromatic N) is 3. The van der Waals surface area contributed by atoms with E-state index in [2.05, 4.69) is 14.8 Å². The molecule has 1 heterocycles. The van der Waals surface area contributed by atoms with Crippen molar-refractivity contribution in [3.8, 4) is 0 Å². The molecule has 2 fully saturated rings. The molecule has 2 aliphatic rings. The highest BCUT2D eigenvalue weighted by Crippen LogP contribution is 2.44. The standard InChI is InChI=1S/C16H17F2N3S/c17-12-5-4-11(14(18)8-12)9-22-16-20-19-15(10-2-1-3-10)21(16)13-6-7-13/h4-5,8,10,13H,1-3,6-7,9H2. The molecule has 0 spiro atoms. The maximum atomic E-state index is 13.7. The number of halogens is 2. The fourth-order valence-corrected chi connectivity index (χ4v) is 3.79. The van der Waals surface area contributed by atoms with Crippen LogP contribution in [-0.4, -0.2) is 14.8 Å². The SMILES string of the molecule is Fc1ccc(CSc2nnc(C3CCC3)n2C2CC2)c(F)c1. The monoisotopic (exact) mass is 321 g/mol. The summed E-state index contributed by atoms with van der Waals surface area (Å²) in [7, 11) is 0. The Kier molecular flexibility index (Phi) is 3.64. The third kappa shape index (κ3) is 2.64. The molecular weight excluding hydrogens is 304 g/mol. The molecule has 22 heavy (non-hydrogen) atoms. The van der Waals surface area contributed by atoms with Gasteiger partial charge in [-0.05, 0) is 37.3 Å². The Bertz CT molecular complexity index is 693.